The van der Waals surface area contributed by atoms with Gasteiger partial charge in [0.2, 0.25) is 0 Å². The summed E-state index contributed by atoms with van der Waals surface area (Å²) in [5.74, 6) is 2.24. The second-order valence-electron chi connectivity index (χ2n) is 5.44. The van der Waals surface area contributed by atoms with Crippen LogP contribution in [0.5, 0.6) is 0 Å². The molecule has 0 amide bonds. The third-order valence-electron chi connectivity index (χ3n) is 4.33. The number of thioether (sulfide) groups is 1. The number of piperidine rings is 1. The zero-order valence-electron chi connectivity index (χ0n) is 10.7. The molecule has 1 N–H and O–H groups in total. The van der Waals surface area contributed by atoms with E-state index in [0.717, 1.165) is 18.0 Å². The second-order valence-corrected chi connectivity index (χ2v) is 6.42. The molecule has 3 heteroatoms. The Morgan fingerprint density at radius 1 is 1.25 bits per heavy atom. The van der Waals surface area contributed by atoms with Gasteiger partial charge in [-0.25, -0.2) is 0 Å². The van der Waals surface area contributed by atoms with Crippen molar-refractivity contribution < 1.29 is 0 Å². The molecule has 0 spiro atoms. The van der Waals surface area contributed by atoms with Crippen molar-refractivity contribution in [1.29, 1.82) is 0 Å². The first-order valence-electron chi connectivity index (χ1n) is 6.73. The van der Waals surface area contributed by atoms with Crippen molar-refractivity contribution in [1.82, 2.24) is 10.2 Å². The van der Waals surface area contributed by atoms with E-state index in [9.17, 15) is 0 Å². The summed E-state index contributed by atoms with van der Waals surface area (Å²) in [6.45, 7) is 2.47. The van der Waals surface area contributed by atoms with E-state index in [4.69, 9.17) is 0 Å². The number of rotatable bonds is 6. The molecule has 2 aliphatic heterocycles. The lowest BCUT2D eigenvalue weighted by Gasteiger charge is -2.36. The second kappa shape index (κ2) is 6.27. The van der Waals surface area contributed by atoms with Crippen LogP contribution in [0, 0.1) is 5.92 Å². The summed E-state index contributed by atoms with van der Waals surface area (Å²) in [6, 6.07) is 1.80. The van der Waals surface area contributed by atoms with Crippen LogP contribution >= 0.6 is 11.8 Å². The highest BCUT2D eigenvalue weighted by Crippen LogP contribution is 2.36. The Morgan fingerprint density at radius 2 is 1.94 bits per heavy atom. The van der Waals surface area contributed by atoms with Crippen LogP contribution in [0.3, 0.4) is 0 Å². The smallest absolute Gasteiger partial charge is 0.00988 e. The summed E-state index contributed by atoms with van der Waals surface area (Å²) in [7, 11) is 2.32. The van der Waals surface area contributed by atoms with Crippen molar-refractivity contribution in [2.45, 2.75) is 44.2 Å². The number of hydrogen-bond donors (Lipinski definition) is 1. The summed E-state index contributed by atoms with van der Waals surface area (Å²) < 4.78 is 0. The Balaban J connectivity index is 1.61. The summed E-state index contributed by atoms with van der Waals surface area (Å²) >= 11 is 1.95. The van der Waals surface area contributed by atoms with Gasteiger partial charge in [0.15, 0.2) is 0 Å². The molecule has 2 bridgehead atoms. The lowest BCUT2D eigenvalue weighted by atomic mass is 9.91. The standard InChI is InChI=1S/C13H26N2S/c1-15-12-4-5-13(15)9-11(8-12)10-14-6-3-7-16-2/h11-14H,3-10H2,1-2H3. The van der Waals surface area contributed by atoms with Gasteiger partial charge in [0.25, 0.3) is 0 Å². The maximum absolute atomic E-state index is 3.64. The van der Waals surface area contributed by atoms with Crippen molar-refractivity contribution in [3.63, 3.8) is 0 Å². The van der Waals surface area contributed by atoms with Crippen LogP contribution in [-0.2, 0) is 0 Å². The van der Waals surface area contributed by atoms with Crippen molar-refractivity contribution in [3.05, 3.63) is 0 Å². The first-order valence-corrected chi connectivity index (χ1v) is 8.12. The molecule has 16 heavy (non-hydrogen) atoms. The summed E-state index contributed by atoms with van der Waals surface area (Å²) in [5.41, 5.74) is 0. The van der Waals surface area contributed by atoms with Gasteiger partial charge in [-0.05, 0) is 70.2 Å². The van der Waals surface area contributed by atoms with Crippen LogP contribution in [0.25, 0.3) is 0 Å². The maximum Gasteiger partial charge on any atom is 0.00988 e. The molecule has 2 aliphatic rings. The van der Waals surface area contributed by atoms with Crippen molar-refractivity contribution >= 4 is 11.8 Å². The number of fused-ring (bicyclic) bond motifs is 2. The lowest BCUT2D eigenvalue weighted by molar-refractivity contribution is 0.133. The Bertz CT molecular complexity index is 196. The normalized spacial score (nSPS) is 34.5. The van der Waals surface area contributed by atoms with E-state index in [-0.39, 0.29) is 0 Å². The predicted molar refractivity (Wildman–Crippen MR) is 73.2 cm³/mol. The topological polar surface area (TPSA) is 15.3 Å². The molecular formula is C13H26N2S. The Morgan fingerprint density at radius 3 is 2.56 bits per heavy atom. The molecule has 2 unspecified atom stereocenters. The number of nitrogens with one attached hydrogen (secondary N) is 1. The van der Waals surface area contributed by atoms with Crippen molar-refractivity contribution in [3.8, 4) is 0 Å². The van der Waals surface area contributed by atoms with E-state index in [1.54, 1.807) is 0 Å². The molecule has 0 aromatic heterocycles. The molecule has 2 rings (SSSR count). The van der Waals surface area contributed by atoms with Gasteiger partial charge in [-0.1, -0.05) is 0 Å². The van der Waals surface area contributed by atoms with Gasteiger partial charge in [-0.3, -0.25) is 0 Å². The van der Waals surface area contributed by atoms with E-state index < -0.39 is 0 Å². The minimum atomic E-state index is 0.900. The molecule has 2 atom stereocenters. The van der Waals surface area contributed by atoms with Crippen LogP contribution in [0.2, 0.25) is 0 Å². The van der Waals surface area contributed by atoms with E-state index in [1.165, 1.54) is 50.9 Å². The molecule has 0 saturated carbocycles. The Hall–Kier alpha value is 0.270. The largest absolute Gasteiger partial charge is 0.316 e. The fourth-order valence-corrected chi connectivity index (χ4v) is 3.77. The van der Waals surface area contributed by atoms with Crippen LogP contribution < -0.4 is 5.32 Å². The average Bonchev–Trinajstić information content (AvgIpc) is 2.54. The summed E-state index contributed by atoms with van der Waals surface area (Å²) in [6.07, 6.45) is 9.27. The minimum Gasteiger partial charge on any atom is -0.316 e. The molecule has 2 nitrogen and oxygen atoms in total. The van der Waals surface area contributed by atoms with Gasteiger partial charge in [-0.15, -0.1) is 0 Å². The molecule has 2 saturated heterocycles. The molecule has 2 fully saturated rings. The number of nitrogens with zero attached hydrogens (tertiary/aromatic N) is 1. The predicted octanol–water partition coefficient (Wildman–Crippen LogP) is 2.20. The van der Waals surface area contributed by atoms with Crippen LogP contribution in [0.4, 0.5) is 0 Å². The zero-order valence-corrected chi connectivity index (χ0v) is 11.6. The SMILES string of the molecule is CSCCCNCC1CC2CCC(C1)N2C. The molecule has 0 aromatic carbocycles. The molecule has 0 aromatic rings. The highest BCUT2D eigenvalue weighted by atomic mass is 32.2. The quantitative estimate of drug-likeness (QED) is 0.719. The Labute approximate surface area is 105 Å². The molecular weight excluding hydrogens is 216 g/mol. The van der Waals surface area contributed by atoms with Crippen molar-refractivity contribution in [2.75, 3.05) is 32.1 Å². The zero-order chi connectivity index (χ0) is 11.4. The fraction of sp³-hybridized carbons (Fsp3) is 1.00. The molecule has 2 heterocycles. The van der Waals surface area contributed by atoms with Crippen LogP contribution in [0.1, 0.15) is 32.1 Å². The molecule has 0 aliphatic carbocycles. The van der Waals surface area contributed by atoms with Gasteiger partial charge in [0.05, 0.1) is 0 Å². The molecule has 0 radical (unpaired) electrons. The monoisotopic (exact) mass is 242 g/mol. The lowest BCUT2D eigenvalue weighted by Crippen LogP contribution is -2.42. The van der Waals surface area contributed by atoms with Crippen LogP contribution in [0.15, 0.2) is 0 Å². The maximum atomic E-state index is 3.64. The third-order valence-corrected chi connectivity index (χ3v) is 5.03. The van der Waals surface area contributed by atoms with Gasteiger partial charge >= 0.3 is 0 Å². The Kier molecular flexibility index (Phi) is 4.98. The highest BCUT2D eigenvalue weighted by molar-refractivity contribution is 7.98. The summed E-state index contributed by atoms with van der Waals surface area (Å²) in [5, 5.41) is 3.64. The first-order chi connectivity index (χ1) is 7.81. The average molecular weight is 242 g/mol. The van der Waals surface area contributed by atoms with E-state index in [1.807, 2.05) is 11.8 Å². The van der Waals surface area contributed by atoms with Gasteiger partial charge in [-0.2, -0.15) is 11.8 Å². The van der Waals surface area contributed by atoms with Gasteiger partial charge in [0, 0.05) is 12.1 Å². The first kappa shape index (κ1) is 12.7. The van der Waals surface area contributed by atoms with Gasteiger partial charge < -0.3 is 10.2 Å². The van der Waals surface area contributed by atoms with Gasteiger partial charge in [0.1, 0.15) is 0 Å². The van der Waals surface area contributed by atoms with Crippen LogP contribution in [-0.4, -0.2) is 49.1 Å². The van der Waals surface area contributed by atoms with E-state index in [2.05, 4.69) is 23.5 Å². The summed E-state index contributed by atoms with van der Waals surface area (Å²) in [4.78, 5) is 2.63. The van der Waals surface area contributed by atoms with Crippen molar-refractivity contribution in [2.24, 2.45) is 5.92 Å². The fourth-order valence-electron chi connectivity index (χ4n) is 3.34. The minimum absolute atomic E-state index is 0.900. The number of hydrogen-bond acceptors (Lipinski definition) is 3. The molecule has 94 valence electrons. The third kappa shape index (κ3) is 3.14. The van der Waals surface area contributed by atoms with E-state index in [0.29, 0.717) is 0 Å². The van der Waals surface area contributed by atoms with E-state index >= 15 is 0 Å². The highest BCUT2D eigenvalue weighted by Gasteiger charge is 2.37.